The van der Waals surface area contributed by atoms with E-state index in [2.05, 4.69) is 25.6 Å². The van der Waals surface area contributed by atoms with Gasteiger partial charge in [0.2, 0.25) is 0 Å². The van der Waals surface area contributed by atoms with Gasteiger partial charge >= 0.3 is 0 Å². The van der Waals surface area contributed by atoms with Crippen molar-refractivity contribution >= 4 is 10.8 Å². The Morgan fingerprint density at radius 1 is 0.968 bits per heavy atom. The molecule has 0 aromatic heterocycles. The van der Waals surface area contributed by atoms with Gasteiger partial charge in [-0.25, -0.2) is 4.39 Å². The summed E-state index contributed by atoms with van der Waals surface area (Å²) in [7, 11) is 0. The summed E-state index contributed by atoms with van der Waals surface area (Å²) in [4.78, 5) is 0. The number of halogens is 1. The molecule has 1 saturated carbocycles. The second-order valence-corrected chi connectivity index (χ2v) is 8.94. The van der Waals surface area contributed by atoms with Gasteiger partial charge in [0.05, 0.1) is 0 Å². The highest BCUT2D eigenvalue weighted by molar-refractivity contribution is 5.88. The van der Waals surface area contributed by atoms with Gasteiger partial charge < -0.3 is 4.74 Å². The van der Waals surface area contributed by atoms with Crippen LogP contribution in [-0.4, -0.2) is 6.61 Å². The average molecular weight is 417 g/mol. The van der Waals surface area contributed by atoms with Crippen molar-refractivity contribution < 1.29 is 9.13 Å². The van der Waals surface area contributed by atoms with Crippen molar-refractivity contribution in [3.63, 3.8) is 0 Å². The molecule has 162 valence electrons. The van der Waals surface area contributed by atoms with Gasteiger partial charge in [-0.15, -0.1) is 0 Å². The van der Waals surface area contributed by atoms with E-state index in [1.54, 1.807) is 6.08 Å². The van der Waals surface area contributed by atoms with Crippen LogP contribution < -0.4 is 4.74 Å². The predicted molar refractivity (Wildman–Crippen MR) is 129 cm³/mol. The van der Waals surface area contributed by atoms with Gasteiger partial charge in [0.1, 0.15) is 18.2 Å². The minimum atomic E-state index is -0.151. The van der Waals surface area contributed by atoms with E-state index in [-0.39, 0.29) is 5.82 Å². The number of rotatable bonds is 8. The first-order chi connectivity index (χ1) is 15.2. The van der Waals surface area contributed by atoms with Crippen LogP contribution in [0.3, 0.4) is 0 Å². The molecule has 0 unspecified atom stereocenters. The maximum Gasteiger partial charge on any atom is 0.138 e. The number of benzene rings is 3. The summed E-state index contributed by atoms with van der Waals surface area (Å²) in [6.07, 6.45) is 10.9. The fourth-order valence-electron chi connectivity index (χ4n) is 4.90. The topological polar surface area (TPSA) is 9.23 Å². The summed E-state index contributed by atoms with van der Waals surface area (Å²) in [6, 6.07) is 17.7. The molecule has 31 heavy (non-hydrogen) atoms. The molecule has 1 aliphatic rings. The van der Waals surface area contributed by atoms with E-state index in [1.807, 2.05) is 42.5 Å². The van der Waals surface area contributed by atoms with Crippen molar-refractivity contribution in [2.75, 3.05) is 6.61 Å². The molecule has 0 radical (unpaired) electrons. The molecule has 3 aromatic rings. The molecule has 1 aliphatic carbocycles. The van der Waals surface area contributed by atoms with Crippen molar-refractivity contribution in [2.45, 2.75) is 51.9 Å². The van der Waals surface area contributed by atoms with Crippen LogP contribution in [0.15, 0.2) is 67.3 Å². The predicted octanol–water partition coefficient (Wildman–Crippen LogP) is 8.36. The molecule has 4 rings (SSSR count). The van der Waals surface area contributed by atoms with E-state index in [4.69, 9.17) is 4.74 Å². The molecule has 1 nitrogen and oxygen atoms in total. The van der Waals surface area contributed by atoms with Crippen LogP contribution in [0.4, 0.5) is 4.39 Å². The van der Waals surface area contributed by atoms with Crippen LogP contribution in [0.25, 0.3) is 21.9 Å². The number of fused-ring (bicyclic) bond motifs is 1. The Morgan fingerprint density at radius 3 is 2.42 bits per heavy atom. The van der Waals surface area contributed by atoms with Crippen LogP contribution in [0, 0.1) is 17.7 Å². The van der Waals surface area contributed by atoms with E-state index < -0.39 is 0 Å². The van der Waals surface area contributed by atoms with Gasteiger partial charge in [-0.05, 0) is 53.3 Å². The lowest BCUT2D eigenvalue weighted by Gasteiger charge is -2.27. The van der Waals surface area contributed by atoms with Gasteiger partial charge in [-0.1, -0.05) is 94.1 Å². The highest BCUT2D eigenvalue weighted by Gasteiger charge is 2.19. The molecule has 0 spiro atoms. The molecule has 0 aliphatic heterocycles. The van der Waals surface area contributed by atoms with Gasteiger partial charge in [0.15, 0.2) is 0 Å². The first-order valence-electron chi connectivity index (χ1n) is 11.7. The Labute approximate surface area is 185 Å². The van der Waals surface area contributed by atoms with Gasteiger partial charge in [0.25, 0.3) is 0 Å². The maximum atomic E-state index is 15.3. The highest BCUT2D eigenvalue weighted by Crippen LogP contribution is 2.34. The number of hydrogen-bond acceptors (Lipinski definition) is 1. The summed E-state index contributed by atoms with van der Waals surface area (Å²) in [5.74, 6) is 2.42. The van der Waals surface area contributed by atoms with Crippen molar-refractivity contribution in [2.24, 2.45) is 11.8 Å². The molecule has 0 N–H and O–H groups in total. The lowest BCUT2D eigenvalue weighted by Crippen LogP contribution is -2.14. The van der Waals surface area contributed by atoms with Gasteiger partial charge in [-0.3, -0.25) is 0 Å². The largest absolute Gasteiger partial charge is 0.490 e. The summed E-state index contributed by atoms with van der Waals surface area (Å²) in [5.41, 5.74) is 2.81. The molecular formula is C29H33FO. The smallest absolute Gasteiger partial charge is 0.138 e. The molecular weight excluding hydrogens is 383 g/mol. The number of ether oxygens (including phenoxy) is 1. The fraction of sp³-hybridized carbons (Fsp3) is 0.379. The zero-order valence-electron chi connectivity index (χ0n) is 18.6. The Hall–Kier alpha value is -2.61. The van der Waals surface area contributed by atoms with Gasteiger partial charge in [0, 0.05) is 10.9 Å². The average Bonchev–Trinajstić information content (AvgIpc) is 2.82. The molecule has 0 atom stereocenters. The van der Waals surface area contributed by atoms with Crippen LogP contribution >= 0.6 is 0 Å². The maximum absolute atomic E-state index is 15.3. The van der Waals surface area contributed by atoms with Crippen LogP contribution in [0.5, 0.6) is 5.75 Å². The first-order valence-corrected chi connectivity index (χ1v) is 11.7. The third-order valence-corrected chi connectivity index (χ3v) is 6.94. The standard InChI is InChI=1S/C29H33FO/c1-3-19-31-26-15-12-24(13-16-26)27-18-14-25-20-23(11-17-28(25)29(27)30)10-9-22-7-5-21(4-2)6-8-22/h3,11-18,20-22H,1,4-10,19H2,2H3. The fourth-order valence-corrected chi connectivity index (χ4v) is 4.90. The summed E-state index contributed by atoms with van der Waals surface area (Å²) >= 11 is 0. The number of hydrogen-bond donors (Lipinski definition) is 0. The summed E-state index contributed by atoms with van der Waals surface area (Å²) < 4.78 is 20.8. The first kappa shape index (κ1) is 21.6. The Kier molecular flexibility index (Phi) is 7.06. The Balaban J connectivity index is 1.46. The SMILES string of the molecule is C=CCOc1ccc(-c2ccc3cc(CCC4CCC(CC)CC4)ccc3c2F)cc1. The molecule has 2 heteroatoms. The lowest BCUT2D eigenvalue weighted by molar-refractivity contribution is 0.259. The third kappa shape index (κ3) is 5.18. The molecule has 0 saturated heterocycles. The molecule has 0 bridgehead atoms. The highest BCUT2D eigenvalue weighted by atomic mass is 19.1. The van der Waals surface area contributed by atoms with Crippen LogP contribution in [0.2, 0.25) is 0 Å². The molecule has 0 amide bonds. The molecule has 1 fully saturated rings. The van der Waals surface area contributed by atoms with E-state index in [0.29, 0.717) is 17.6 Å². The zero-order chi connectivity index (χ0) is 21.6. The van der Waals surface area contributed by atoms with Crippen molar-refractivity contribution in [1.29, 1.82) is 0 Å². The zero-order valence-corrected chi connectivity index (χ0v) is 18.6. The minimum Gasteiger partial charge on any atom is -0.490 e. The minimum absolute atomic E-state index is 0.151. The number of aryl methyl sites for hydroxylation is 1. The van der Waals surface area contributed by atoms with Crippen molar-refractivity contribution in [3.8, 4) is 16.9 Å². The van der Waals surface area contributed by atoms with E-state index in [1.165, 1.54) is 44.1 Å². The van der Waals surface area contributed by atoms with E-state index in [9.17, 15) is 0 Å². The summed E-state index contributed by atoms with van der Waals surface area (Å²) in [5, 5.41) is 1.68. The third-order valence-electron chi connectivity index (χ3n) is 6.94. The van der Waals surface area contributed by atoms with Gasteiger partial charge in [-0.2, -0.15) is 0 Å². The Morgan fingerprint density at radius 2 is 1.71 bits per heavy atom. The summed E-state index contributed by atoms with van der Waals surface area (Å²) in [6.45, 7) is 6.44. The van der Waals surface area contributed by atoms with E-state index in [0.717, 1.165) is 35.0 Å². The normalized spacial score (nSPS) is 18.8. The second-order valence-electron chi connectivity index (χ2n) is 8.94. The van der Waals surface area contributed by atoms with Crippen molar-refractivity contribution in [3.05, 3.63) is 78.6 Å². The Bertz CT molecular complexity index is 1010. The molecule has 0 heterocycles. The van der Waals surface area contributed by atoms with Crippen LogP contribution in [-0.2, 0) is 6.42 Å². The van der Waals surface area contributed by atoms with Crippen molar-refractivity contribution in [1.82, 2.24) is 0 Å². The lowest BCUT2D eigenvalue weighted by atomic mass is 9.78. The van der Waals surface area contributed by atoms with E-state index >= 15 is 4.39 Å². The molecule has 3 aromatic carbocycles. The van der Waals surface area contributed by atoms with Crippen LogP contribution in [0.1, 0.15) is 51.0 Å². The second kappa shape index (κ2) is 10.1. The quantitative estimate of drug-likeness (QED) is 0.335. The monoisotopic (exact) mass is 416 g/mol.